The monoisotopic (exact) mass is 419 g/mol. The maximum atomic E-state index is 5.72. The topological polar surface area (TPSA) is 56.7 Å². The zero-order valence-electron chi connectivity index (χ0n) is 17.4. The molecule has 2 heterocycles. The fourth-order valence-corrected chi connectivity index (χ4v) is 3.77. The normalized spacial score (nSPS) is 12.4. The van der Waals surface area contributed by atoms with Gasteiger partial charge in [-0.2, -0.15) is 10.2 Å². The highest BCUT2D eigenvalue weighted by Crippen LogP contribution is 2.22. The average molecular weight is 420 g/mol. The summed E-state index contributed by atoms with van der Waals surface area (Å²) in [6, 6.07) is 18.7. The second kappa shape index (κ2) is 8.73. The Bertz CT molecular complexity index is 1140. The van der Waals surface area contributed by atoms with E-state index in [2.05, 4.69) is 76.8 Å². The first kappa shape index (κ1) is 20.2. The summed E-state index contributed by atoms with van der Waals surface area (Å²) in [5, 5.41) is 9.00. The summed E-state index contributed by atoms with van der Waals surface area (Å²) in [7, 11) is 2.09. The summed E-state index contributed by atoms with van der Waals surface area (Å²) in [4.78, 5) is 6.24. The van der Waals surface area contributed by atoms with Crippen molar-refractivity contribution >= 4 is 12.2 Å². The number of nitrogens with zero attached hydrogens (tertiary/aromatic N) is 7. The highest BCUT2D eigenvalue weighted by molar-refractivity contribution is 7.71. The van der Waals surface area contributed by atoms with E-state index >= 15 is 0 Å². The van der Waals surface area contributed by atoms with Crippen molar-refractivity contribution in [2.45, 2.75) is 33.1 Å². The quantitative estimate of drug-likeness (QED) is 0.417. The number of hydrogen-bond acceptors (Lipinski definition) is 5. The number of benzene rings is 2. The van der Waals surface area contributed by atoms with E-state index in [1.165, 1.54) is 11.9 Å². The second-order valence-corrected chi connectivity index (χ2v) is 7.59. The highest BCUT2D eigenvalue weighted by Gasteiger charge is 2.16. The molecular weight excluding hydrogens is 394 g/mol. The molecule has 0 saturated carbocycles. The van der Waals surface area contributed by atoms with E-state index in [9.17, 15) is 0 Å². The van der Waals surface area contributed by atoms with Crippen molar-refractivity contribution in [2.24, 2.45) is 0 Å². The molecule has 8 heteroatoms. The van der Waals surface area contributed by atoms with Crippen LogP contribution < -0.4 is 0 Å². The van der Waals surface area contributed by atoms with Crippen LogP contribution >= 0.6 is 12.2 Å². The fourth-order valence-electron chi connectivity index (χ4n) is 3.45. The van der Waals surface area contributed by atoms with E-state index in [1.807, 2.05) is 22.9 Å². The minimum atomic E-state index is 0.198. The largest absolute Gasteiger partial charge is 0.300 e. The molecule has 2 aromatic heterocycles. The smallest absolute Gasteiger partial charge is 0.199 e. The number of hydrogen-bond donors (Lipinski definition) is 0. The predicted molar refractivity (Wildman–Crippen MR) is 120 cm³/mol. The molecule has 0 unspecified atom stereocenters. The Morgan fingerprint density at radius 1 is 1.07 bits per heavy atom. The number of aromatic nitrogens is 6. The van der Waals surface area contributed by atoms with Crippen LogP contribution in [0.25, 0.3) is 17.1 Å². The third-order valence-corrected chi connectivity index (χ3v) is 5.78. The van der Waals surface area contributed by atoms with E-state index in [1.54, 1.807) is 11.0 Å². The van der Waals surface area contributed by atoms with Crippen LogP contribution in [-0.4, -0.2) is 41.1 Å². The Morgan fingerprint density at radius 3 is 2.43 bits per heavy atom. The first-order chi connectivity index (χ1) is 14.6. The fraction of sp³-hybridized carbons (Fsp3) is 0.273. The zero-order chi connectivity index (χ0) is 21.1. The molecule has 4 aromatic rings. The molecule has 154 valence electrons. The maximum Gasteiger partial charge on any atom is 0.199 e. The lowest BCUT2D eigenvalue weighted by Crippen LogP contribution is -2.26. The molecule has 0 saturated heterocycles. The van der Waals surface area contributed by atoms with Crippen molar-refractivity contribution in [3.8, 4) is 17.1 Å². The molecule has 0 spiro atoms. The van der Waals surface area contributed by atoms with Gasteiger partial charge >= 0.3 is 0 Å². The van der Waals surface area contributed by atoms with Crippen LogP contribution in [0.4, 0.5) is 0 Å². The van der Waals surface area contributed by atoms with Gasteiger partial charge in [-0.05, 0) is 50.8 Å². The lowest BCUT2D eigenvalue weighted by Gasteiger charge is -2.25. The summed E-state index contributed by atoms with van der Waals surface area (Å²) in [6.45, 7) is 5.67. The van der Waals surface area contributed by atoms with Gasteiger partial charge in [0.1, 0.15) is 12.7 Å². The summed E-state index contributed by atoms with van der Waals surface area (Å²) in [5.41, 5.74) is 3.28. The van der Waals surface area contributed by atoms with Crippen LogP contribution in [0.1, 0.15) is 25.5 Å². The molecule has 4 rings (SSSR count). The molecule has 0 N–H and O–H groups in total. The molecule has 0 fully saturated rings. The summed E-state index contributed by atoms with van der Waals surface area (Å²) < 4.78 is 6.47. The van der Waals surface area contributed by atoms with Crippen LogP contribution in [0.5, 0.6) is 0 Å². The van der Waals surface area contributed by atoms with Gasteiger partial charge in [0.25, 0.3) is 0 Å². The van der Waals surface area contributed by atoms with Gasteiger partial charge in [-0.1, -0.05) is 42.5 Å². The van der Waals surface area contributed by atoms with Crippen molar-refractivity contribution in [2.75, 3.05) is 7.05 Å². The van der Waals surface area contributed by atoms with Gasteiger partial charge in [0.15, 0.2) is 10.6 Å². The Kier molecular flexibility index (Phi) is 5.87. The van der Waals surface area contributed by atoms with E-state index in [-0.39, 0.29) is 6.04 Å². The highest BCUT2D eigenvalue weighted by atomic mass is 32.1. The van der Waals surface area contributed by atoms with Gasteiger partial charge in [-0.15, -0.1) is 0 Å². The van der Waals surface area contributed by atoms with Gasteiger partial charge in [0.2, 0.25) is 0 Å². The van der Waals surface area contributed by atoms with Crippen molar-refractivity contribution < 1.29 is 0 Å². The van der Waals surface area contributed by atoms with Gasteiger partial charge in [0.05, 0.1) is 12.4 Å². The van der Waals surface area contributed by atoms with E-state index in [0.717, 1.165) is 28.4 Å². The molecule has 0 amide bonds. The molecule has 0 radical (unpaired) electrons. The Hall–Kier alpha value is -3.10. The van der Waals surface area contributed by atoms with Crippen LogP contribution in [0.3, 0.4) is 0 Å². The van der Waals surface area contributed by atoms with E-state index in [0.29, 0.717) is 6.67 Å². The van der Waals surface area contributed by atoms with Gasteiger partial charge in [-0.25, -0.2) is 14.3 Å². The SMILES string of the molecule is CCn1c(-c2ccccc2)nn(CN(C)[C@@H](C)c2ccc(-n3cncn3)cc2)c1=S. The van der Waals surface area contributed by atoms with Gasteiger partial charge in [-0.3, -0.25) is 4.90 Å². The molecule has 1 atom stereocenters. The van der Waals surface area contributed by atoms with Crippen molar-refractivity contribution in [3.05, 3.63) is 77.6 Å². The van der Waals surface area contributed by atoms with Crippen LogP contribution in [0.15, 0.2) is 67.3 Å². The Labute approximate surface area is 181 Å². The molecule has 0 aliphatic heterocycles. The lowest BCUT2D eigenvalue weighted by atomic mass is 10.1. The summed E-state index contributed by atoms with van der Waals surface area (Å²) in [6.07, 6.45) is 3.23. The van der Waals surface area contributed by atoms with Crippen molar-refractivity contribution in [1.82, 2.24) is 34.0 Å². The minimum absolute atomic E-state index is 0.198. The molecule has 2 aromatic carbocycles. The van der Waals surface area contributed by atoms with Gasteiger partial charge < -0.3 is 4.57 Å². The van der Waals surface area contributed by atoms with Crippen LogP contribution in [0.2, 0.25) is 0 Å². The lowest BCUT2D eigenvalue weighted by molar-refractivity contribution is 0.194. The van der Waals surface area contributed by atoms with Crippen molar-refractivity contribution in [3.63, 3.8) is 0 Å². The zero-order valence-corrected chi connectivity index (χ0v) is 18.2. The molecule has 0 aliphatic rings. The summed E-state index contributed by atoms with van der Waals surface area (Å²) in [5.74, 6) is 0.904. The molecule has 0 bridgehead atoms. The molecule has 30 heavy (non-hydrogen) atoms. The third-order valence-electron chi connectivity index (χ3n) is 5.35. The molecular formula is C22H25N7S. The van der Waals surface area contributed by atoms with Crippen LogP contribution in [0, 0.1) is 4.77 Å². The first-order valence-electron chi connectivity index (χ1n) is 9.96. The molecule has 7 nitrogen and oxygen atoms in total. The summed E-state index contributed by atoms with van der Waals surface area (Å²) >= 11 is 5.72. The predicted octanol–water partition coefficient (Wildman–Crippen LogP) is 4.33. The Balaban J connectivity index is 1.54. The van der Waals surface area contributed by atoms with E-state index < -0.39 is 0 Å². The minimum Gasteiger partial charge on any atom is -0.300 e. The second-order valence-electron chi connectivity index (χ2n) is 7.22. The first-order valence-corrected chi connectivity index (χ1v) is 10.4. The van der Waals surface area contributed by atoms with E-state index in [4.69, 9.17) is 17.3 Å². The maximum absolute atomic E-state index is 5.72. The van der Waals surface area contributed by atoms with Crippen LogP contribution in [-0.2, 0) is 13.2 Å². The average Bonchev–Trinajstić information content (AvgIpc) is 3.42. The third kappa shape index (κ3) is 3.96. The van der Waals surface area contributed by atoms with Gasteiger partial charge in [0, 0.05) is 18.2 Å². The number of rotatable bonds is 7. The standard InChI is InChI=1S/C22H25N7S/c1-4-27-21(19-8-6-5-7-9-19)25-29(22(27)30)16-26(3)17(2)18-10-12-20(13-11-18)28-15-23-14-24-28/h5-15,17H,4,16H2,1-3H3/t17-/m0/s1. The Morgan fingerprint density at radius 2 is 1.80 bits per heavy atom. The van der Waals surface area contributed by atoms with Crippen molar-refractivity contribution in [1.29, 1.82) is 0 Å². The molecule has 0 aliphatic carbocycles.